The van der Waals surface area contributed by atoms with Crippen molar-refractivity contribution in [2.24, 2.45) is 35.5 Å². The molecule has 1 aliphatic carbocycles. The molecule has 2 aromatic carbocycles. The molecule has 55 heavy (non-hydrogen) atoms. The molecule has 0 radical (unpaired) electrons. The van der Waals surface area contributed by atoms with Crippen LogP contribution in [0.2, 0.25) is 0 Å². The number of nitrogens with one attached hydrogen (secondary N) is 2. The van der Waals surface area contributed by atoms with Crippen LogP contribution in [0.15, 0.2) is 60.7 Å². The first-order valence-corrected chi connectivity index (χ1v) is 20.9. The lowest BCUT2D eigenvalue weighted by atomic mass is 9.71. The number of ether oxygens (including phenoxy) is 3. The van der Waals surface area contributed by atoms with Gasteiger partial charge in [0.1, 0.15) is 6.61 Å². The summed E-state index contributed by atoms with van der Waals surface area (Å²) in [4.78, 5) is 52.5. The number of carbonyl (C=O) groups excluding carboxylic acids is 4. The first kappa shape index (κ1) is 45.8. The fraction of sp³-hybridized carbons (Fsp3) is 0.652. The van der Waals surface area contributed by atoms with E-state index in [1.165, 1.54) is 25.7 Å². The standard InChI is InChI=1S/C46H70N2O7/c1-32(2)16-14-17-33(3)18-15-19-38-24-25-41(44(50)47-28-36(6)53-29-34(4)26-43(49)39-20-10-8-11-21-39)42(27-38)45(51)48-35(5)30-54-37(7)31-55-46(52)40-22-12-9-13-23-40/h8-13,20-23,32-38,41-42H,14-19,24-31H2,1-7H3,(H,47,50)(H,48,51). The zero-order chi connectivity index (χ0) is 40.2. The van der Waals surface area contributed by atoms with Crippen LogP contribution < -0.4 is 10.6 Å². The molecule has 1 fully saturated rings. The number of rotatable bonds is 25. The van der Waals surface area contributed by atoms with Crippen LogP contribution in [-0.2, 0) is 23.8 Å². The van der Waals surface area contributed by atoms with Gasteiger partial charge in [0.15, 0.2) is 5.78 Å². The van der Waals surface area contributed by atoms with E-state index in [2.05, 4.69) is 31.4 Å². The van der Waals surface area contributed by atoms with Crippen LogP contribution >= 0.6 is 0 Å². The van der Waals surface area contributed by atoms with Crippen LogP contribution in [0.3, 0.4) is 0 Å². The number of amides is 2. The zero-order valence-corrected chi connectivity index (χ0v) is 34.7. The monoisotopic (exact) mass is 763 g/mol. The molecule has 1 aliphatic rings. The number of benzene rings is 2. The molecule has 0 aromatic heterocycles. The highest BCUT2D eigenvalue weighted by molar-refractivity contribution is 5.96. The molecule has 2 amide bonds. The molecule has 2 aromatic rings. The Balaban J connectivity index is 1.50. The van der Waals surface area contributed by atoms with Gasteiger partial charge in [-0.15, -0.1) is 0 Å². The van der Waals surface area contributed by atoms with Crippen LogP contribution in [0.25, 0.3) is 0 Å². The predicted molar refractivity (Wildman–Crippen MR) is 219 cm³/mol. The van der Waals surface area contributed by atoms with Crippen molar-refractivity contribution in [3.05, 3.63) is 71.8 Å². The van der Waals surface area contributed by atoms with Gasteiger partial charge in [-0.1, -0.05) is 115 Å². The lowest BCUT2D eigenvalue weighted by Crippen LogP contribution is -2.49. The number of hydrogen-bond donors (Lipinski definition) is 2. The minimum absolute atomic E-state index is 0.0375. The third-order valence-corrected chi connectivity index (χ3v) is 10.8. The molecule has 0 spiro atoms. The molecule has 0 heterocycles. The number of Topliss-reactive ketones (excluding diaryl/α,β-unsaturated/α-hetero) is 1. The van der Waals surface area contributed by atoms with Gasteiger partial charge in [-0.05, 0) is 75.8 Å². The van der Waals surface area contributed by atoms with Crippen molar-refractivity contribution in [2.45, 2.75) is 131 Å². The summed E-state index contributed by atoms with van der Waals surface area (Å²) in [6.45, 7) is 15.7. The number of carbonyl (C=O) groups is 4. The molecular formula is C46H70N2O7. The quantitative estimate of drug-likeness (QED) is 0.0766. The second-order valence-corrected chi connectivity index (χ2v) is 16.8. The Morgan fingerprint density at radius 3 is 1.98 bits per heavy atom. The van der Waals surface area contributed by atoms with Gasteiger partial charge in [-0.2, -0.15) is 0 Å². The summed E-state index contributed by atoms with van der Waals surface area (Å²) in [5, 5.41) is 6.21. The van der Waals surface area contributed by atoms with Gasteiger partial charge in [0.2, 0.25) is 11.8 Å². The summed E-state index contributed by atoms with van der Waals surface area (Å²) in [6.07, 6.45) is 9.30. The molecule has 8 unspecified atom stereocenters. The third-order valence-electron chi connectivity index (χ3n) is 10.8. The van der Waals surface area contributed by atoms with Crippen molar-refractivity contribution in [2.75, 3.05) is 26.4 Å². The second kappa shape index (κ2) is 24.8. The molecule has 8 atom stereocenters. The van der Waals surface area contributed by atoms with Crippen molar-refractivity contribution in [3.8, 4) is 0 Å². The van der Waals surface area contributed by atoms with Crippen molar-refractivity contribution in [1.82, 2.24) is 10.6 Å². The van der Waals surface area contributed by atoms with Crippen molar-refractivity contribution in [3.63, 3.8) is 0 Å². The Morgan fingerprint density at radius 2 is 1.31 bits per heavy atom. The van der Waals surface area contributed by atoms with E-state index < -0.39 is 17.8 Å². The van der Waals surface area contributed by atoms with E-state index in [0.29, 0.717) is 55.4 Å². The fourth-order valence-electron chi connectivity index (χ4n) is 7.38. The average molecular weight is 763 g/mol. The minimum atomic E-state index is -0.436. The lowest BCUT2D eigenvalue weighted by molar-refractivity contribution is -0.138. The zero-order valence-electron chi connectivity index (χ0n) is 34.7. The molecule has 9 nitrogen and oxygen atoms in total. The first-order valence-electron chi connectivity index (χ1n) is 20.9. The van der Waals surface area contributed by atoms with E-state index in [-0.39, 0.29) is 55.0 Å². The highest BCUT2D eigenvalue weighted by Gasteiger charge is 2.39. The predicted octanol–water partition coefficient (Wildman–Crippen LogP) is 8.85. The maximum atomic E-state index is 13.9. The van der Waals surface area contributed by atoms with Gasteiger partial charge in [-0.3, -0.25) is 14.4 Å². The summed E-state index contributed by atoms with van der Waals surface area (Å²) in [7, 11) is 0. The summed E-state index contributed by atoms with van der Waals surface area (Å²) in [5.41, 5.74) is 1.19. The topological polar surface area (TPSA) is 120 Å². The molecular weight excluding hydrogens is 693 g/mol. The van der Waals surface area contributed by atoms with Crippen LogP contribution in [0.1, 0.15) is 133 Å². The molecule has 1 saturated carbocycles. The summed E-state index contributed by atoms with van der Waals surface area (Å²) in [6, 6.07) is 17.8. The van der Waals surface area contributed by atoms with E-state index >= 15 is 0 Å². The minimum Gasteiger partial charge on any atom is -0.459 e. The number of esters is 1. The van der Waals surface area contributed by atoms with Crippen LogP contribution in [0.4, 0.5) is 0 Å². The van der Waals surface area contributed by atoms with Gasteiger partial charge < -0.3 is 24.8 Å². The normalized spacial score (nSPS) is 19.8. The molecule has 306 valence electrons. The van der Waals surface area contributed by atoms with Crippen molar-refractivity contribution < 1.29 is 33.4 Å². The Hall–Kier alpha value is -3.56. The van der Waals surface area contributed by atoms with Gasteiger partial charge in [0, 0.05) is 36.4 Å². The van der Waals surface area contributed by atoms with E-state index in [0.717, 1.165) is 25.2 Å². The van der Waals surface area contributed by atoms with Gasteiger partial charge in [-0.25, -0.2) is 4.79 Å². The SMILES string of the molecule is CC(C)CCCC(C)CCCC1CCC(C(=O)NCC(C)OCC(C)CC(=O)c2ccccc2)C(C(=O)NC(C)COC(C)COC(=O)c2ccccc2)C1. The van der Waals surface area contributed by atoms with E-state index in [4.69, 9.17) is 14.2 Å². The Bertz CT molecular complexity index is 1420. The Kier molecular flexibility index (Phi) is 20.7. The summed E-state index contributed by atoms with van der Waals surface area (Å²) < 4.78 is 17.4. The largest absolute Gasteiger partial charge is 0.459 e. The molecule has 0 saturated heterocycles. The molecule has 3 rings (SSSR count). The highest BCUT2D eigenvalue weighted by Crippen LogP contribution is 2.37. The first-order chi connectivity index (χ1) is 26.3. The highest BCUT2D eigenvalue weighted by atomic mass is 16.6. The van der Waals surface area contributed by atoms with Crippen LogP contribution in [0.5, 0.6) is 0 Å². The fourth-order valence-corrected chi connectivity index (χ4v) is 7.38. The molecule has 2 N–H and O–H groups in total. The van der Waals surface area contributed by atoms with Gasteiger partial charge in [0.25, 0.3) is 0 Å². The van der Waals surface area contributed by atoms with Crippen LogP contribution in [-0.4, -0.2) is 68.2 Å². The second-order valence-electron chi connectivity index (χ2n) is 16.8. The molecule has 0 bridgehead atoms. The van der Waals surface area contributed by atoms with Gasteiger partial charge >= 0.3 is 5.97 Å². The van der Waals surface area contributed by atoms with E-state index in [9.17, 15) is 19.2 Å². The maximum absolute atomic E-state index is 13.9. The Labute approximate surface area is 331 Å². The number of hydrogen-bond acceptors (Lipinski definition) is 7. The van der Waals surface area contributed by atoms with Crippen molar-refractivity contribution >= 4 is 23.6 Å². The van der Waals surface area contributed by atoms with Crippen LogP contribution in [0, 0.1) is 35.5 Å². The molecule has 0 aliphatic heterocycles. The lowest BCUT2D eigenvalue weighted by Gasteiger charge is -2.35. The van der Waals surface area contributed by atoms with E-state index in [1.54, 1.807) is 24.3 Å². The smallest absolute Gasteiger partial charge is 0.338 e. The van der Waals surface area contributed by atoms with E-state index in [1.807, 2.05) is 64.1 Å². The number of ketones is 1. The summed E-state index contributed by atoms with van der Waals surface area (Å²) in [5.74, 6) is 0.470. The molecule has 9 heteroatoms. The maximum Gasteiger partial charge on any atom is 0.338 e. The average Bonchev–Trinajstić information content (AvgIpc) is 3.17. The van der Waals surface area contributed by atoms with Gasteiger partial charge in [0.05, 0.1) is 31.0 Å². The summed E-state index contributed by atoms with van der Waals surface area (Å²) >= 11 is 0. The Morgan fingerprint density at radius 1 is 0.673 bits per heavy atom. The van der Waals surface area contributed by atoms with Crippen molar-refractivity contribution in [1.29, 1.82) is 0 Å². The third kappa shape index (κ3) is 17.8.